The first-order chi connectivity index (χ1) is 12.6. The van der Waals surface area contributed by atoms with Gasteiger partial charge in [-0.15, -0.1) is 0 Å². The number of halogens is 7. The van der Waals surface area contributed by atoms with E-state index in [-0.39, 0.29) is 5.02 Å². The molecule has 0 aromatic heterocycles. The van der Waals surface area contributed by atoms with Crippen molar-refractivity contribution in [3.8, 4) is 22.3 Å². The van der Waals surface area contributed by atoms with Crippen molar-refractivity contribution in [2.75, 3.05) is 0 Å². The first-order valence-electron chi connectivity index (χ1n) is 7.63. The first kappa shape index (κ1) is 20.3. The molecule has 0 aliphatic rings. The lowest BCUT2D eigenvalue weighted by Gasteiger charge is -2.16. The van der Waals surface area contributed by atoms with Crippen LogP contribution in [0.3, 0.4) is 0 Å². The van der Waals surface area contributed by atoms with Crippen LogP contribution in [0, 0.1) is 13.0 Å². The molecule has 0 aliphatic heterocycles. The third kappa shape index (κ3) is 4.07. The second kappa shape index (κ2) is 7.56. The topological polar surface area (TPSA) is 0 Å². The summed E-state index contributed by atoms with van der Waals surface area (Å²) in [5, 5.41) is 1.19. The molecule has 0 saturated heterocycles. The van der Waals surface area contributed by atoms with E-state index in [1.54, 1.807) is 31.2 Å². The van der Waals surface area contributed by atoms with Crippen molar-refractivity contribution in [2.45, 2.75) is 13.1 Å². The Labute approximate surface area is 174 Å². The van der Waals surface area contributed by atoms with E-state index in [0.29, 0.717) is 42.9 Å². The molecule has 0 aliphatic carbocycles. The fourth-order valence-electron chi connectivity index (χ4n) is 2.82. The van der Waals surface area contributed by atoms with Crippen molar-refractivity contribution in [3.05, 3.63) is 79.7 Å². The van der Waals surface area contributed by atoms with E-state index in [1.807, 2.05) is 0 Å². The summed E-state index contributed by atoms with van der Waals surface area (Å²) in [6.45, 7) is 1.79. The summed E-state index contributed by atoms with van der Waals surface area (Å²) >= 11 is 24.7. The van der Waals surface area contributed by atoms with Crippen LogP contribution in [0.15, 0.2) is 42.5 Å². The molecule has 0 N–H and O–H groups in total. The summed E-state index contributed by atoms with van der Waals surface area (Å²) in [4.78, 5) is 0. The van der Waals surface area contributed by atoms with Crippen LogP contribution in [-0.2, 0) is 6.18 Å². The lowest BCUT2D eigenvalue weighted by Crippen LogP contribution is -2.04. The smallest absolute Gasteiger partial charge is 0.166 e. The van der Waals surface area contributed by atoms with Crippen molar-refractivity contribution in [2.24, 2.45) is 0 Å². The zero-order valence-corrected chi connectivity index (χ0v) is 16.7. The second-order valence-corrected chi connectivity index (χ2v) is 7.46. The van der Waals surface area contributed by atoms with Gasteiger partial charge in [0, 0.05) is 37.8 Å². The number of rotatable bonds is 2. The molecule has 7 heteroatoms. The van der Waals surface area contributed by atoms with Gasteiger partial charge in [-0.05, 0) is 48.4 Å². The first-order valence-corrected chi connectivity index (χ1v) is 9.14. The van der Waals surface area contributed by atoms with Gasteiger partial charge in [0.05, 0.1) is 10.6 Å². The van der Waals surface area contributed by atoms with Gasteiger partial charge in [-0.3, -0.25) is 0 Å². The lowest BCUT2D eigenvalue weighted by molar-refractivity contribution is -0.137. The van der Waals surface area contributed by atoms with Crippen LogP contribution < -0.4 is 0 Å². The number of hydrogen-bond donors (Lipinski definition) is 0. The molecule has 139 valence electrons. The van der Waals surface area contributed by atoms with E-state index < -0.39 is 11.7 Å². The maximum Gasteiger partial charge on any atom is 0.416 e. The van der Waals surface area contributed by atoms with Crippen molar-refractivity contribution < 1.29 is 13.2 Å². The quantitative estimate of drug-likeness (QED) is 0.367. The molecule has 1 radical (unpaired) electrons. The highest BCUT2D eigenvalue weighted by Crippen LogP contribution is 2.43. The van der Waals surface area contributed by atoms with Crippen molar-refractivity contribution in [1.82, 2.24) is 0 Å². The highest BCUT2D eigenvalue weighted by Gasteiger charge is 2.31. The summed E-state index contributed by atoms with van der Waals surface area (Å²) in [7, 11) is 0. The van der Waals surface area contributed by atoms with Crippen molar-refractivity contribution in [3.63, 3.8) is 0 Å². The minimum Gasteiger partial charge on any atom is -0.166 e. The fraction of sp³-hybridized carbons (Fsp3) is 0.100. The Balaban J connectivity index is 2.20. The van der Waals surface area contributed by atoms with Crippen molar-refractivity contribution >= 4 is 46.4 Å². The highest BCUT2D eigenvalue weighted by atomic mass is 35.5. The zero-order valence-electron chi connectivity index (χ0n) is 13.7. The van der Waals surface area contributed by atoms with Gasteiger partial charge in [-0.25, -0.2) is 0 Å². The molecular weight excluding hydrogens is 439 g/mol. The van der Waals surface area contributed by atoms with E-state index in [1.165, 1.54) is 6.07 Å². The fourth-order valence-corrected chi connectivity index (χ4v) is 3.90. The molecule has 0 nitrogen and oxygen atoms in total. The summed E-state index contributed by atoms with van der Waals surface area (Å²) in [5.74, 6) is 0. The molecular formula is C20H10Cl4F3. The standard InChI is InChI=1S/C20H10Cl4F3/c1-10-13(14-4-2-11(8-17(14)23)20(25,26)27)6-7-16(22)19(10)15-5-3-12(21)9-18(15)24/h2-6,8-9H,1H3. The van der Waals surface area contributed by atoms with E-state index in [2.05, 4.69) is 6.07 Å². The number of benzene rings is 3. The summed E-state index contributed by atoms with van der Waals surface area (Å²) < 4.78 is 38.7. The van der Waals surface area contributed by atoms with E-state index in [4.69, 9.17) is 46.4 Å². The van der Waals surface area contributed by atoms with Gasteiger partial charge >= 0.3 is 6.18 Å². The zero-order chi connectivity index (χ0) is 19.9. The van der Waals surface area contributed by atoms with Crippen LogP contribution in [0.5, 0.6) is 0 Å². The van der Waals surface area contributed by atoms with E-state index >= 15 is 0 Å². The average Bonchev–Trinajstić information content (AvgIpc) is 2.56. The third-order valence-electron chi connectivity index (χ3n) is 4.13. The predicted octanol–water partition coefficient (Wildman–Crippen LogP) is 8.76. The van der Waals surface area contributed by atoms with Crippen LogP contribution in [0.1, 0.15) is 11.1 Å². The summed E-state index contributed by atoms with van der Waals surface area (Å²) in [6, 6.07) is 12.7. The molecule has 0 amide bonds. The molecule has 0 bridgehead atoms. The third-order valence-corrected chi connectivity index (χ3v) is 5.29. The number of hydrogen-bond acceptors (Lipinski definition) is 0. The molecule has 27 heavy (non-hydrogen) atoms. The highest BCUT2D eigenvalue weighted by molar-refractivity contribution is 6.38. The molecule has 3 rings (SSSR count). The van der Waals surface area contributed by atoms with Gasteiger partial charge in [0.2, 0.25) is 0 Å². The predicted molar refractivity (Wildman–Crippen MR) is 106 cm³/mol. The molecule has 0 saturated carbocycles. The van der Waals surface area contributed by atoms with Crippen LogP contribution in [0.4, 0.5) is 13.2 Å². The maximum atomic E-state index is 12.9. The minimum absolute atomic E-state index is 0.0169. The second-order valence-electron chi connectivity index (χ2n) is 5.83. The van der Waals surface area contributed by atoms with Crippen LogP contribution in [-0.4, -0.2) is 0 Å². The molecule has 3 aromatic carbocycles. The molecule has 3 aromatic rings. The monoisotopic (exact) mass is 447 g/mol. The van der Waals surface area contributed by atoms with Gasteiger partial charge in [0.25, 0.3) is 0 Å². The molecule has 0 spiro atoms. The normalized spacial score (nSPS) is 11.7. The molecule has 0 unspecified atom stereocenters. The summed E-state index contributed by atoms with van der Waals surface area (Å²) in [5.41, 5.74) is 2.22. The van der Waals surface area contributed by atoms with E-state index in [9.17, 15) is 13.2 Å². The number of alkyl halides is 3. The molecule has 0 heterocycles. The Morgan fingerprint density at radius 1 is 0.815 bits per heavy atom. The van der Waals surface area contributed by atoms with Gasteiger partial charge < -0.3 is 0 Å². The largest absolute Gasteiger partial charge is 0.416 e. The Kier molecular flexibility index (Phi) is 5.69. The lowest BCUT2D eigenvalue weighted by atomic mass is 9.92. The van der Waals surface area contributed by atoms with Crippen LogP contribution in [0.25, 0.3) is 22.3 Å². The van der Waals surface area contributed by atoms with Crippen LogP contribution in [0.2, 0.25) is 20.1 Å². The Morgan fingerprint density at radius 3 is 2.04 bits per heavy atom. The van der Waals surface area contributed by atoms with Gasteiger partial charge in [0.15, 0.2) is 0 Å². The Hall–Kier alpha value is -1.39. The molecule has 0 atom stereocenters. The van der Waals surface area contributed by atoms with E-state index in [0.717, 1.165) is 12.1 Å². The van der Waals surface area contributed by atoms with Gasteiger partial charge in [-0.1, -0.05) is 58.5 Å². The van der Waals surface area contributed by atoms with Gasteiger partial charge in [-0.2, -0.15) is 13.2 Å². The summed E-state index contributed by atoms with van der Waals surface area (Å²) in [6.07, 6.45) is -4.47. The Bertz CT molecular complexity index is 1030. The molecule has 0 fully saturated rings. The van der Waals surface area contributed by atoms with Crippen molar-refractivity contribution in [1.29, 1.82) is 0 Å². The minimum atomic E-state index is -4.47. The Morgan fingerprint density at radius 2 is 1.44 bits per heavy atom. The van der Waals surface area contributed by atoms with Gasteiger partial charge in [0.1, 0.15) is 0 Å². The SMILES string of the molecule is Cc1c(-c2ccc(C(F)(F)F)cc2Cl)c[c]c(Cl)c1-c1ccc(Cl)cc1Cl. The maximum absolute atomic E-state index is 12.9. The van der Waals surface area contributed by atoms with Crippen LogP contribution >= 0.6 is 46.4 Å². The average molecular weight is 449 g/mol.